The lowest BCUT2D eigenvalue weighted by atomic mass is 10.2. The Morgan fingerprint density at radius 1 is 0.929 bits per heavy atom. The lowest BCUT2D eigenvalue weighted by Crippen LogP contribution is -2.39. The molecule has 1 amide bonds. The summed E-state index contributed by atoms with van der Waals surface area (Å²) in [5, 5.41) is 1.63. The fraction of sp³-hybridized carbons (Fsp3) is 0.150. The fourth-order valence-corrected chi connectivity index (χ4v) is 2.41. The predicted octanol–water partition coefficient (Wildman–Crippen LogP) is 3.07. The number of nitrogens with one attached hydrogen (secondary N) is 1. The number of methoxy groups -OCH3 is 2. The van der Waals surface area contributed by atoms with Crippen molar-refractivity contribution in [2.75, 3.05) is 26.3 Å². The number of para-hydroxylation sites is 2. The Morgan fingerprint density at radius 2 is 1.54 bits per heavy atom. The zero-order chi connectivity index (χ0) is 19.9. The minimum absolute atomic E-state index is 0.00728. The van der Waals surface area contributed by atoms with E-state index in [9.17, 15) is 4.79 Å². The van der Waals surface area contributed by atoms with Crippen LogP contribution in [0.1, 0.15) is 10.4 Å². The minimum Gasteiger partial charge on any atom is -0.481 e. The zero-order valence-electron chi connectivity index (χ0n) is 15.7. The Bertz CT molecular complexity index is 928. The van der Waals surface area contributed by atoms with Crippen LogP contribution in [0.15, 0.2) is 60.7 Å². The first-order chi connectivity index (χ1) is 13.6. The highest BCUT2D eigenvalue weighted by atomic mass is 16.5. The summed E-state index contributed by atoms with van der Waals surface area (Å²) in [4.78, 5) is 21.0. The molecule has 0 bridgehead atoms. The molecule has 8 nitrogen and oxygen atoms in total. The Balaban J connectivity index is 1.82. The van der Waals surface area contributed by atoms with E-state index in [-0.39, 0.29) is 23.7 Å². The topological polar surface area (TPSA) is 85.8 Å². The number of hydrogen-bond acceptors (Lipinski definition) is 7. The largest absolute Gasteiger partial charge is 0.481 e. The molecule has 0 radical (unpaired) electrons. The highest BCUT2D eigenvalue weighted by molar-refractivity contribution is 5.97. The summed E-state index contributed by atoms with van der Waals surface area (Å²) in [6.45, 7) is 0. The average molecular weight is 380 g/mol. The van der Waals surface area contributed by atoms with Crippen LogP contribution in [0.3, 0.4) is 0 Å². The molecule has 8 heteroatoms. The molecule has 0 fully saturated rings. The molecule has 1 N–H and O–H groups in total. The smallest absolute Gasteiger partial charge is 0.328 e. The van der Waals surface area contributed by atoms with Gasteiger partial charge in [-0.3, -0.25) is 15.2 Å². The number of aromatic nitrogens is 2. The van der Waals surface area contributed by atoms with E-state index in [1.807, 2.05) is 30.3 Å². The summed E-state index contributed by atoms with van der Waals surface area (Å²) in [6.07, 6.45) is 0. The third-order valence-electron chi connectivity index (χ3n) is 3.82. The molecule has 0 atom stereocenters. The molecule has 144 valence electrons. The highest BCUT2D eigenvalue weighted by Crippen LogP contribution is 2.26. The number of ether oxygens (including phenoxy) is 3. The summed E-state index contributed by atoms with van der Waals surface area (Å²) < 4.78 is 16.0. The van der Waals surface area contributed by atoms with Gasteiger partial charge in [0.15, 0.2) is 0 Å². The third kappa shape index (κ3) is 4.47. The second kappa shape index (κ2) is 8.72. The van der Waals surface area contributed by atoms with Gasteiger partial charge in [0.05, 0.1) is 31.5 Å². The third-order valence-corrected chi connectivity index (χ3v) is 3.82. The molecule has 0 aliphatic carbocycles. The molecule has 0 aliphatic heterocycles. The van der Waals surface area contributed by atoms with Crippen LogP contribution in [0.4, 0.5) is 5.69 Å². The summed E-state index contributed by atoms with van der Waals surface area (Å²) >= 11 is 0. The van der Waals surface area contributed by atoms with E-state index in [0.717, 1.165) is 5.69 Å². The highest BCUT2D eigenvalue weighted by Gasteiger charge is 2.16. The van der Waals surface area contributed by atoms with Gasteiger partial charge >= 0.3 is 6.01 Å². The number of benzene rings is 2. The molecule has 1 aromatic heterocycles. The van der Waals surface area contributed by atoms with Crippen molar-refractivity contribution < 1.29 is 19.0 Å². The molecule has 0 spiro atoms. The molecule has 1 heterocycles. The van der Waals surface area contributed by atoms with E-state index in [4.69, 9.17) is 14.2 Å². The lowest BCUT2D eigenvalue weighted by Gasteiger charge is -2.21. The number of anilines is 1. The maximum Gasteiger partial charge on any atom is 0.328 e. The SMILES string of the molecule is COc1cc(OC)nc(Oc2ccccc2C(=O)NN(C)c2ccccc2)n1. The first-order valence-corrected chi connectivity index (χ1v) is 8.44. The van der Waals surface area contributed by atoms with E-state index in [0.29, 0.717) is 11.3 Å². The Kier molecular flexibility index (Phi) is 5.91. The van der Waals surface area contributed by atoms with Gasteiger partial charge in [0.25, 0.3) is 5.91 Å². The van der Waals surface area contributed by atoms with Crippen molar-refractivity contribution in [2.24, 2.45) is 0 Å². The van der Waals surface area contributed by atoms with Crippen molar-refractivity contribution in [1.82, 2.24) is 15.4 Å². The van der Waals surface area contributed by atoms with E-state index >= 15 is 0 Å². The van der Waals surface area contributed by atoms with Gasteiger partial charge in [-0.05, 0) is 24.3 Å². The Hall–Kier alpha value is -3.81. The van der Waals surface area contributed by atoms with Crippen LogP contribution in [-0.2, 0) is 0 Å². The molecule has 28 heavy (non-hydrogen) atoms. The first-order valence-electron chi connectivity index (χ1n) is 8.44. The molecule has 2 aromatic carbocycles. The van der Waals surface area contributed by atoms with Crippen LogP contribution in [0.2, 0.25) is 0 Å². The molecule has 0 unspecified atom stereocenters. The minimum atomic E-state index is -0.336. The van der Waals surface area contributed by atoms with Crippen molar-refractivity contribution in [3.05, 3.63) is 66.2 Å². The first kappa shape index (κ1) is 19.0. The molecular formula is C20H20N4O4. The average Bonchev–Trinajstić information content (AvgIpc) is 2.74. The number of hydrogen-bond donors (Lipinski definition) is 1. The summed E-state index contributed by atoms with van der Waals surface area (Å²) in [6, 6.07) is 17.8. The van der Waals surface area contributed by atoms with Gasteiger partial charge in [0, 0.05) is 7.05 Å². The molecule has 3 rings (SSSR count). The number of carbonyl (C=O) groups excluding carboxylic acids is 1. The van der Waals surface area contributed by atoms with E-state index in [1.54, 1.807) is 36.3 Å². The summed E-state index contributed by atoms with van der Waals surface area (Å²) in [7, 11) is 4.71. The standard InChI is InChI=1S/C20H20N4O4/c1-24(14-9-5-4-6-10-14)23-19(25)15-11-7-8-12-16(15)28-20-21-17(26-2)13-18(22-20)27-3/h4-13H,1-3H3,(H,23,25). The maximum atomic E-state index is 12.8. The number of hydrazine groups is 1. The normalized spacial score (nSPS) is 10.1. The van der Waals surface area contributed by atoms with Crippen molar-refractivity contribution in [3.8, 4) is 23.5 Å². The van der Waals surface area contributed by atoms with Gasteiger partial charge in [-0.1, -0.05) is 30.3 Å². The van der Waals surface area contributed by atoms with Gasteiger partial charge in [-0.25, -0.2) is 0 Å². The number of amides is 1. The van der Waals surface area contributed by atoms with E-state index in [1.165, 1.54) is 20.3 Å². The second-order valence-corrected chi connectivity index (χ2v) is 5.67. The quantitative estimate of drug-likeness (QED) is 0.631. The number of nitrogens with zero attached hydrogens (tertiary/aromatic N) is 3. The molecular weight excluding hydrogens is 360 g/mol. The van der Waals surface area contributed by atoms with Crippen molar-refractivity contribution in [2.45, 2.75) is 0 Å². The molecule has 3 aromatic rings. The fourth-order valence-electron chi connectivity index (χ4n) is 2.41. The summed E-state index contributed by atoms with van der Waals surface area (Å²) in [5.74, 6) is 0.536. The van der Waals surface area contributed by atoms with Gasteiger partial charge in [-0.15, -0.1) is 0 Å². The Labute approximate surface area is 162 Å². The van der Waals surface area contributed by atoms with Crippen molar-refractivity contribution in [1.29, 1.82) is 0 Å². The van der Waals surface area contributed by atoms with Crippen molar-refractivity contribution >= 4 is 11.6 Å². The lowest BCUT2D eigenvalue weighted by molar-refractivity contribution is 0.0949. The second-order valence-electron chi connectivity index (χ2n) is 5.67. The number of rotatable bonds is 7. The van der Waals surface area contributed by atoms with Crippen LogP contribution >= 0.6 is 0 Å². The van der Waals surface area contributed by atoms with Crippen LogP contribution in [0.5, 0.6) is 23.5 Å². The van der Waals surface area contributed by atoms with Gasteiger partial charge < -0.3 is 14.2 Å². The zero-order valence-corrected chi connectivity index (χ0v) is 15.7. The summed E-state index contributed by atoms with van der Waals surface area (Å²) in [5.41, 5.74) is 3.98. The van der Waals surface area contributed by atoms with E-state index in [2.05, 4.69) is 15.4 Å². The molecule has 0 saturated carbocycles. The Morgan fingerprint density at radius 3 is 2.18 bits per heavy atom. The van der Waals surface area contributed by atoms with E-state index < -0.39 is 0 Å². The predicted molar refractivity (Wildman–Crippen MR) is 104 cm³/mol. The van der Waals surface area contributed by atoms with Crippen LogP contribution in [0, 0.1) is 0 Å². The molecule has 0 saturated heterocycles. The van der Waals surface area contributed by atoms with Gasteiger partial charge in [-0.2, -0.15) is 9.97 Å². The van der Waals surface area contributed by atoms with Gasteiger partial charge in [0.1, 0.15) is 5.75 Å². The van der Waals surface area contributed by atoms with Crippen LogP contribution in [0.25, 0.3) is 0 Å². The van der Waals surface area contributed by atoms with Crippen LogP contribution < -0.4 is 24.6 Å². The monoisotopic (exact) mass is 380 g/mol. The van der Waals surface area contributed by atoms with Gasteiger partial charge in [0.2, 0.25) is 11.8 Å². The maximum absolute atomic E-state index is 12.8. The number of carbonyl (C=O) groups is 1. The van der Waals surface area contributed by atoms with Crippen LogP contribution in [-0.4, -0.2) is 37.1 Å². The molecule has 0 aliphatic rings. The van der Waals surface area contributed by atoms with Crippen molar-refractivity contribution in [3.63, 3.8) is 0 Å².